The molecule has 5 nitrogen and oxygen atoms in total. The minimum atomic E-state index is -4.62. The number of halogens is 3. The zero-order valence-electron chi connectivity index (χ0n) is 14.3. The first-order chi connectivity index (χ1) is 11.7. The Bertz CT molecular complexity index is 930. The van der Waals surface area contributed by atoms with Crippen LogP contribution in [0.1, 0.15) is 41.0 Å². The van der Waals surface area contributed by atoms with Crippen LogP contribution in [0.5, 0.6) is 0 Å². The zero-order chi connectivity index (χ0) is 18.4. The molecule has 1 unspecified atom stereocenters. The summed E-state index contributed by atoms with van der Waals surface area (Å²) in [7, 11) is 0. The number of nitrogens with one attached hydrogen (secondary N) is 1. The van der Waals surface area contributed by atoms with E-state index in [1.165, 1.54) is 0 Å². The van der Waals surface area contributed by atoms with Crippen LogP contribution in [-0.2, 0) is 6.18 Å². The highest BCUT2D eigenvalue weighted by Crippen LogP contribution is 2.30. The van der Waals surface area contributed by atoms with Crippen molar-refractivity contribution >= 4 is 11.5 Å². The van der Waals surface area contributed by atoms with Gasteiger partial charge in [-0.1, -0.05) is 24.3 Å². The number of hydrogen-bond donors (Lipinski definition) is 1. The van der Waals surface area contributed by atoms with Gasteiger partial charge >= 0.3 is 6.18 Å². The topological polar surface area (TPSA) is 55.1 Å². The van der Waals surface area contributed by atoms with Gasteiger partial charge in [0.1, 0.15) is 0 Å². The summed E-state index contributed by atoms with van der Waals surface area (Å²) in [6, 6.07) is 7.72. The van der Waals surface area contributed by atoms with Crippen molar-refractivity contribution in [3.8, 4) is 0 Å². The van der Waals surface area contributed by atoms with E-state index in [1.54, 1.807) is 13.8 Å². The van der Waals surface area contributed by atoms with Gasteiger partial charge < -0.3 is 5.32 Å². The van der Waals surface area contributed by atoms with Gasteiger partial charge in [-0.15, -0.1) is 15.3 Å². The molecular weight excluding hydrogens is 331 g/mol. The Morgan fingerprint density at radius 2 is 1.72 bits per heavy atom. The lowest BCUT2D eigenvalue weighted by Crippen LogP contribution is -2.16. The van der Waals surface area contributed by atoms with Crippen LogP contribution in [0.25, 0.3) is 5.65 Å². The van der Waals surface area contributed by atoms with E-state index in [0.717, 1.165) is 21.2 Å². The molecule has 0 amide bonds. The Balaban J connectivity index is 2.07. The number of aromatic nitrogens is 4. The monoisotopic (exact) mass is 349 g/mol. The molecule has 0 spiro atoms. The van der Waals surface area contributed by atoms with Gasteiger partial charge in [-0.3, -0.25) is 0 Å². The molecule has 0 aliphatic heterocycles. The SMILES string of the molecule is Cc1ccccc1C(C)Nc1nn2c(C(F)(F)F)nnc2c(C)c1C. The second-order valence-electron chi connectivity index (χ2n) is 6.08. The van der Waals surface area contributed by atoms with Crippen LogP contribution in [0.2, 0.25) is 0 Å². The lowest BCUT2D eigenvalue weighted by Gasteiger charge is -2.19. The van der Waals surface area contributed by atoms with E-state index in [2.05, 4.69) is 20.6 Å². The van der Waals surface area contributed by atoms with Crippen molar-refractivity contribution in [2.24, 2.45) is 0 Å². The van der Waals surface area contributed by atoms with Crippen molar-refractivity contribution in [2.75, 3.05) is 5.32 Å². The van der Waals surface area contributed by atoms with Gasteiger partial charge in [0.2, 0.25) is 0 Å². The highest BCUT2D eigenvalue weighted by Gasteiger charge is 2.38. The molecule has 1 N–H and O–H groups in total. The highest BCUT2D eigenvalue weighted by atomic mass is 19.4. The van der Waals surface area contributed by atoms with E-state index < -0.39 is 12.0 Å². The third-order valence-electron chi connectivity index (χ3n) is 4.36. The number of fused-ring (bicyclic) bond motifs is 1. The van der Waals surface area contributed by atoms with E-state index in [4.69, 9.17) is 0 Å². The quantitative estimate of drug-likeness (QED) is 0.768. The minimum Gasteiger partial charge on any atom is -0.362 e. The molecule has 0 radical (unpaired) electrons. The fraction of sp³-hybridized carbons (Fsp3) is 0.353. The fourth-order valence-corrected chi connectivity index (χ4v) is 2.80. The van der Waals surface area contributed by atoms with Crippen LogP contribution in [0.3, 0.4) is 0 Å². The van der Waals surface area contributed by atoms with E-state index in [1.807, 2.05) is 38.1 Å². The number of nitrogens with zero attached hydrogens (tertiary/aromatic N) is 4. The van der Waals surface area contributed by atoms with Gasteiger partial charge in [-0.25, -0.2) is 0 Å². The molecule has 0 saturated heterocycles. The molecular formula is C17H18F3N5. The number of rotatable bonds is 3. The van der Waals surface area contributed by atoms with Gasteiger partial charge in [0.15, 0.2) is 11.5 Å². The molecule has 0 bridgehead atoms. The summed E-state index contributed by atoms with van der Waals surface area (Å²) in [6.07, 6.45) is -4.62. The molecule has 0 saturated carbocycles. The lowest BCUT2D eigenvalue weighted by molar-refractivity contribution is -0.146. The standard InChI is InChI=1S/C17H18F3N5/c1-9-7-5-6-8-13(9)12(4)21-14-10(2)11(3)15-22-23-16(17(18,19)20)25(15)24-14/h5-8,12H,1-4H3,(H,21,24). The highest BCUT2D eigenvalue weighted by molar-refractivity contribution is 5.59. The Kier molecular flexibility index (Phi) is 4.14. The maximum atomic E-state index is 13.1. The number of anilines is 1. The molecule has 3 aromatic rings. The van der Waals surface area contributed by atoms with Gasteiger partial charge in [-0.05, 0) is 44.4 Å². The van der Waals surface area contributed by atoms with Crippen molar-refractivity contribution < 1.29 is 13.2 Å². The molecule has 0 aliphatic carbocycles. The summed E-state index contributed by atoms with van der Waals surface area (Å²) in [5.41, 5.74) is 3.62. The van der Waals surface area contributed by atoms with Crippen LogP contribution in [0.4, 0.5) is 19.0 Å². The molecule has 3 rings (SSSR count). The normalized spacial score (nSPS) is 13.2. The summed E-state index contributed by atoms with van der Waals surface area (Å²) < 4.78 is 40.1. The van der Waals surface area contributed by atoms with Gasteiger partial charge in [0.25, 0.3) is 5.82 Å². The van der Waals surface area contributed by atoms with Crippen LogP contribution < -0.4 is 5.32 Å². The second-order valence-corrected chi connectivity index (χ2v) is 6.08. The number of benzene rings is 1. The zero-order valence-corrected chi connectivity index (χ0v) is 14.3. The maximum absolute atomic E-state index is 13.1. The first kappa shape index (κ1) is 17.2. The average molecular weight is 349 g/mol. The molecule has 1 aromatic carbocycles. The van der Waals surface area contributed by atoms with Crippen molar-refractivity contribution in [3.63, 3.8) is 0 Å². The first-order valence-corrected chi connectivity index (χ1v) is 7.82. The summed E-state index contributed by atoms with van der Waals surface area (Å²) >= 11 is 0. The van der Waals surface area contributed by atoms with Gasteiger partial charge in [0, 0.05) is 5.56 Å². The van der Waals surface area contributed by atoms with Gasteiger partial charge in [-0.2, -0.15) is 17.7 Å². The van der Waals surface area contributed by atoms with Crippen molar-refractivity contribution in [1.29, 1.82) is 0 Å². The van der Waals surface area contributed by atoms with Crippen molar-refractivity contribution in [2.45, 2.75) is 39.9 Å². The fourth-order valence-electron chi connectivity index (χ4n) is 2.80. The predicted octanol–water partition coefficient (Wildman–Crippen LogP) is 4.24. The van der Waals surface area contributed by atoms with Crippen LogP contribution in [0, 0.1) is 20.8 Å². The Labute approximate surface area is 142 Å². The minimum absolute atomic E-state index is 0.110. The van der Waals surface area contributed by atoms with Gasteiger partial charge in [0.05, 0.1) is 6.04 Å². The van der Waals surface area contributed by atoms with Crippen molar-refractivity contribution in [1.82, 2.24) is 19.8 Å². The molecule has 2 aromatic heterocycles. The summed E-state index contributed by atoms with van der Waals surface area (Å²) in [5.74, 6) is -0.747. The summed E-state index contributed by atoms with van der Waals surface area (Å²) in [4.78, 5) is 0. The molecule has 0 fully saturated rings. The molecule has 25 heavy (non-hydrogen) atoms. The molecule has 1 atom stereocenters. The maximum Gasteiger partial charge on any atom is 0.453 e. The van der Waals surface area contributed by atoms with Crippen molar-refractivity contribution in [3.05, 3.63) is 52.3 Å². The lowest BCUT2D eigenvalue weighted by atomic mass is 10.0. The number of alkyl halides is 3. The largest absolute Gasteiger partial charge is 0.453 e. The van der Waals surface area contributed by atoms with E-state index in [0.29, 0.717) is 11.4 Å². The summed E-state index contributed by atoms with van der Waals surface area (Å²) in [5, 5.41) is 14.2. The summed E-state index contributed by atoms with van der Waals surface area (Å²) in [6.45, 7) is 7.45. The Morgan fingerprint density at radius 3 is 2.36 bits per heavy atom. The molecule has 132 valence electrons. The average Bonchev–Trinajstić information content (AvgIpc) is 2.96. The van der Waals surface area contributed by atoms with E-state index >= 15 is 0 Å². The Morgan fingerprint density at radius 1 is 1.04 bits per heavy atom. The number of aryl methyl sites for hydroxylation is 2. The predicted molar refractivity (Wildman–Crippen MR) is 88.5 cm³/mol. The molecule has 0 aliphatic rings. The van der Waals surface area contributed by atoms with Crippen LogP contribution in [-0.4, -0.2) is 19.8 Å². The Hall–Kier alpha value is -2.64. The van der Waals surface area contributed by atoms with E-state index in [-0.39, 0.29) is 11.7 Å². The number of hydrogen-bond acceptors (Lipinski definition) is 4. The first-order valence-electron chi connectivity index (χ1n) is 7.82. The van der Waals surface area contributed by atoms with Crippen LogP contribution >= 0.6 is 0 Å². The third-order valence-corrected chi connectivity index (χ3v) is 4.36. The molecule has 8 heteroatoms. The smallest absolute Gasteiger partial charge is 0.362 e. The van der Waals surface area contributed by atoms with Crippen LogP contribution in [0.15, 0.2) is 24.3 Å². The third kappa shape index (κ3) is 3.04. The second kappa shape index (κ2) is 6.02. The van der Waals surface area contributed by atoms with E-state index in [9.17, 15) is 13.2 Å². The molecule has 2 heterocycles.